The Labute approximate surface area is 145 Å². The first-order valence-corrected chi connectivity index (χ1v) is 11.2. The van der Waals surface area contributed by atoms with Gasteiger partial charge >= 0.3 is 0 Å². The number of rotatable bonds is 5. The normalized spacial score (nSPS) is 22.5. The van der Waals surface area contributed by atoms with Gasteiger partial charge in [-0.1, -0.05) is 32.9 Å². The van der Waals surface area contributed by atoms with Gasteiger partial charge in [-0.3, -0.25) is 4.79 Å². The number of ether oxygens (including phenoxy) is 1. The van der Waals surface area contributed by atoms with Gasteiger partial charge in [-0.15, -0.1) is 0 Å². The largest absolute Gasteiger partial charge is 0.504 e. The number of benzene rings is 1. The van der Waals surface area contributed by atoms with Crippen molar-refractivity contribution in [3.63, 3.8) is 0 Å². The molecule has 0 radical (unpaired) electrons. The Morgan fingerprint density at radius 2 is 1.92 bits per heavy atom. The zero-order chi connectivity index (χ0) is 18.3. The Morgan fingerprint density at radius 3 is 2.42 bits per heavy atom. The third-order valence-electron chi connectivity index (χ3n) is 5.34. The van der Waals surface area contributed by atoms with Crippen molar-refractivity contribution in [2.24, 2.45) is 5.92 Å². The SMILES string of the molecule is COc1cccc([C@H]2NC(=O)[C@@H]2[C@@H](C)O[Si](C)(C)C(C)(C)C)c1O. The molecule has 0 saturated carbocycles. The Balaban J connectivity index is 2.23. The van der Waals surface area contributed by atoms with E-state index in [0.717, 1.165) is 0 Å². The number of amides is 1. The second-order valence-corrected chi connectivity index (χ2v) is 12.7. The fourth-order valence-electron chi connectivity index (χ4n) is 2.82. The second-order valence-electron chi connectivity index (χ2n) is 7.99. The summed E-state index contributed by atoms with van der Waals surface area (Å²) in [6.45, 7) is 12.8. The van der Waals surface area contributed by atoms with E-state index in [1.54, 1.807) is 6.07 Å². The van der Waals surface area contributed by atoms with E-state index in [9.17, 15) is 9.90 Å². The predicted octanol–water partition coefficient (Wildman–Crippen LogP) is 3.60. The summed E-state index contributed by atoms with van der Waals surface area (Å²) in [4.78, 5) is 12.2. The maximum Gasteiger partial charge on any atom is 0.228 e. The summed E-state index contributed by atoms with van der Waals surface area (Å²) in [6, 6.07) is 5.07. The molecule has 5 nitrogen and oxygen atoms in total. The number of methoxy groups -OCH3 is 1. The van der Waals surface area contributed by atoms with Crippen LogP contribution in [-0.4, -0.2) is 32.5 Å². The van der Waals surface area contributed by atoms with Crippen LogP contribution in [0.3, 0.4) is 0 Å². The lowest BCUT2D eigenvalue weighted by atomic mass is 9.81. The van der Waals surface area contributed by atoms with Crippen LogP contribution in [0, 0.1) is 5.92 Å². The van der Waals surface area contributed by atoms with E-state index in [2.05, 4.69) is 39.2 Å². The van der Waals surface area contributed by atoms with Gasteiger partial charge in [0.1, 0.15) is 0 Å². The molecule has 1 aromatic rings. The Kier molecular flexibility index (Phi) is 5.02. The highest BCUT2D eigenvalue weighted by Gasteiger charge is 2.48. The zero-order valence-electron chi connectivity index (χ0n) is 15.6. The molecule has 6 heteroatoms. The third kappa shape index (κ3) is 3.30. The number of aromatic hydroxyl groups is 1. The molecule has 2 N–H and O–H groups in total. The number of phenols is 1. The van der Waals surface area contributed by atoms with Crippen molar-refractivity contribution in [3.05, 3.63) is 23.8 Å². The van der Waals surface area contributed by atoms with E-state index in [-0.39, 0.29) is 34.8 Å². The topological polar surface area (TPSA) is 67.8 Å². The predicted molar refractivity (Wildman–Crippen MR) is 96.8 cm³/mol. The fourth-order valence-corrected chi connectivity index (χ4v) is 4.25. The molecular weight excluding hydrogens is 322 g/mol. The van der Waals surface area contributed by atoms with Crippen molar-refractivity contribution >= 4 is 14.2 Å². The first-order valence-electron chi connectivity index (χ1n) is 8.33. The average Bonchev–Trinajstić information content (AvgIpc) is 2.43. The fraction of sp³-hybridized carbons (Fsp3) is 0.611. The molecule has 1 heterocycles. The van der Waals surface area contributed by atoms with E-state index in [4.69, 9.17) is 9.16 Å². The van der Waals surface area contributed by atoms with Gasteiger partial charge in [0.05, 0.1) is 25.2 Å². The van der Waals surface area contributed by atoms with Crippen molar-refractivity contribution in [2.45, 2.75) is 58.0 Å². The monoisotopic (exact) mass is 351 g/mol. The van der Waals surface area contributed by atoms with Crippen LogP contribution in [0.1, 0.15) is 39.3 Å². The molecule has 0 aliphatic carbocycles. The first kappa shape index (κ1) is 18.8. The molecule has 1 saturated heterocycles. The molecule has 1 fully saturated rings. The van der Waals surface area contributed by atoms with Gasteiger partial charge in [-0.2, -0.15) is 0 Å². The number of phenolic OH excluding ortho intramolecular Hbond substituents is 1. The smallest absolute Gasteiger partial charge is 0.228 e. The average molecular weight is 352 g/mol. The number of carbonyl (C=O) groups excluding carboxylic acids is 1. The number of hydrogen-bond acceptors (Lipinski definition) is 4. The molecule has 3 atom stereocenters. The highest BCUT2D eigenvalue weighted by atomic mass is 28.4. The van der Waals surface area contributed by atoms with Crippen LogP contribution in [0.25, 0.3) is 0 Å². The van der Waals surface area contributed by atoms with E-state index in [1.165, 1.54) is 7.11 Å². The van der Waals surface area contributed by atoms with Gasteiger partial charge < -0.3 is 19.6 Å². The summed E-state index contributed by atoms with van der Waals surface area (Å²) in [5.74, 6) is 0.144. The van der Waals surface area contributed by atoms with E-state index < -0.39 is 8.32 Å². The third-order valence-corrected chi connectivity index (χ3v) is 9.91. The maximum atomic E-state index is 12.2. The van der Waals surface area contributed by atoms with Gasteiger partial charge in [-0.05, 0) is 31.1 Å². The minimum atomic E-state index is -1.97. The van der Waals surface area contributed by atoms with E-state index >= 15 is 0 Å². The van der Waals surface area contributed by atoms with Crippen molar-refractivity contribution in [2.75, 3.05) is 7.11 Å². The number of para-hydroxylation sites is 1. The van der Waals surface area contributed by atoms with Gasteiger partial charge in [0.15, 0.2) is 19.8 Å². The second kappa shape index (κ2) is 6.41. The summed E-state index contributed by atoms with van der Waals surface area (Å²) in [5, 5.41) is 13.3. The summed E-state index contributed by atoms with van der Waals surface area (Å²) in [5.41, 5.74) is 0.671. The molecular formula is C18H29NO4Si. The van der Waals surface area contributed by atoms with Gasteiger partial charge in [-0.25, -0.2) is 0 Å². The minimum Gasteiger partial charge on any atom is -0.504 e. The van der Waals surface area contributed by atoms with Crippen LogP contribution in [0.15, 0.2) is 18.2 Å². The highest BCUT2D eigenvalue weighted by Crippen LogP contribution is 2.44. The van der Waals surface area contributed by atoms with Crippen LogP contribution in [0.4, 0.5) is 0 Å². The minimum absolute atomic E-state index is 0.0339. The lowest BCUT2D eigenvalue weighted by Gasteiger charge is -2.45. The van der Waals surface area contributed by atoms with Crippen LogP contribution in [0.5, 0.6) is 11.5 Å². The zero-order valence-corrected chi connectivity index (χ0v) is 16.6. The lowest BCUT2D eigenvalue weighted by molar-refractivity contribution is -0.140. The van der Waals surface area contributed by atoms with Crippen molar-refractivity contribution in [1.82, 2.24) is 5.32 Å². The quantitative estimate of drug-likeness (QED) is 0.628. The van der Waals surface area contributed by atoms with Crippen LogP contribution in [0.2, 0.25) is 18.1 Å². The van der Waals surface area contributed by atoms with Crippen molar-refractivity contribution in [3.8, 4) is 11.5 Å². The van der Waals surface area contributed by atoms with Crippen LogP contribution < -0.4 is 10.1 Å². The van der Waals surface area contributed by atoms with Gasteiger partial charge in [0, 0.05) is 5.56 Å². The van der Waals surface area contributed by atoms with Crippen molar-refractivity contribution < 1.29 is 19.1 Å². The Morgan fingerprint density at radius 1 is 1.29 bits per heavy atom. The molecule has 0 unspecified atom stereocenters. The summed E-state index contributed by atoms with van der Waals surface area (Å²) in [7, 11) is -0.459. The summed E-state index contributed by atoms with van der Waals surface area (Å²) >= 11 is 0. The molecule has 0 bridgehead atoms. The molecule has 24 heavy (non-hydrogen) atoms. The number of β-lactam (4-membered cyclic amide) rings is 1. The standard InChI is InChI=1S/C18H29NO4Si/c1-11(23-24(6,7)18(2,3)4)14-15(19-17(14)21)12-9-8-10-13(22-5)16(12)20/h8-11,14-15,20H,1-7H3,(H,19,21)/t11-,14-,15-/m1/s1. The molecule has 134 valence electrons. The van der Waals surface area contributed by atoms with E-state index in [1.807, 2.05) is 19.1 Å². The molecule has 1 aliphatic rings. The molecule has 0 spiro atoms. The Hall–Kier alpha value is -1.53. The van der Waals surface area contributed by atoms with Crippen molar-refractivity contribution in [1.29, 1.82) is 0 Å². The van der Waals surface area contributed by atoms with Gasteiger partial charge in [0.2, 0.25) is 5.91 Å². The van der Waals surface area contributed by atoms with Crippen LogP contribution in [-0.2, 0) is 9.22 Å². The summed E-state index contributed by atoms with van der Waals surface area (Å²) in [6.07, 6.45) is -0.213. The Bertz CT molecular complexity index is 624. The number of nitrogens with one attached hydrogen (secondary N) is 1. The molecule has 1 amide bonds. The maximum absolute atomic E-state index is 12.2. The van der Waals surface area contributed by atoms with Gasteiger partial charge in [0.25, 0.3) is 0 Å². The molecule has 1 aliphatic heterocycles. The highest BCUT2D eigenvalue weighted by molar-refractivity contribution is 6.74. The summed E-state index contributed by atoms with van der Waals surface area (Å²) < 4.78 is 11.6. The first-order chi connectivity index (χ1) is 11.0. The molecule has 2 rings (SSSR count). The number of hydrogen-bond donors (Lipinski definition) is 2. The van der Waals surface area contributed by atoms with Crippen LogP contribution >= 0.6 is 0 Å². The number of carbonyl (C=O) groups is 1. The molecule has 1 aromatic carbocycles. The lowest BCUT2D eigenvalue weighted by Crippen LogP contribution is -2.58. The van der Waals surface area contributed by atoms with E-state index in [0.29, 0.717) is 11.3 Å². The molecule has 0 aromatic heterocycles.